The van der Waals surface area contributed by atoms with E-state index in [1.807, 2.05) is 6.07 Å². The number of nitrogens with zero attached hydrogens (tertiary/aromatic N) is 1. The van der Waals surface area contributed by atoms with E-state index in [1.54, 1.807) is 29.6 Å². The zero-order valence-corrected chi connectivity index (χ0v) is 17.5. The van der Waals surface area contributed by atoms with E-state index in [-0.39, 0.29) is 10.3 Å². The van der Waals surface area contributed by atoms with Crippen molar-refractivity contribution in [3.63, 3.8) is 0 Å². The summed E-state index contributed by atoms with van der Waals surface area (Å²) in [4.78, 5) is 24.4. The molecule has 9 heteroatoms. The third-order valence-corrected chi connectivity index (χ3v) is 8.54. The van der Waals surface area contributed by atoms with E-state index in [1.165, 1.54) is 15.6 Å². The third kappa shape index (κ3) is 4.16. The van der Waals surface area contributed by atoms with Crippen molar-refractivity contribution in [3.8, 4) is 0 Å². The van der Waals surface area contributed by atoms with Crippen LogP contribution in [0.3, 0.4) is 0 Å². The van der Waals surface area contributed by atoms with Crippen molar-refractivity contribution in [3.05, 3.63) is 41.3 Å². The Balaban J connectivity index is 1.54. The predicted octanol–water partition coefficient (Wildman–Crippen LogP) is 2.89. The Hall–Kier alpha value is -2.39. The molecule has 1 aromatic carbocycles. The molecule has 2 aliphatic rings. The lowest BCUT2D eigenvalue weighted by molar-refractivity contribution is -0.136. The minimum Gasteiger partial charge on any atom is -0.345 e. The molecule has 154 valence electrons. The van der Waals surface area contributed by atoms with Crippen LogP contribution in [-0.2, 0) is 26.0 Å². The van der Waals surface area contributed by atoms with E-state index in [4.69, 9.17) is 0 Å². The first-order valence-corrected chi connectivity index (χ1v) is 12.1. The monoisotopic (exact) mass is 433 g/mol. The number of hydrogen-bond acceptors (Lipinski definition) is 5. The fourth-order valence-corrected chi connectivity index (χ4v) is 6.53. The molecular formula is C20H23N3O4S2. The van der Waals surface area contributed by atoms with E-state index < -0.39 is 21.8 Å². The van der Waals surface area contributed by atoms with Crippen LogP contribution in [0.25, 0.3) is 0 Å². The number of anilines is 2. The van der Waals surface area contributed by atoms with Gasteiger partial charge in [-0.1, -0.05) is 25.0 Å². The van der Waals surface area contributed by atoms with E-state index in [0.29, 0.717) is 17.9 Å². The third-order valence-electron chi connectivity index (χ3n) is 5.36. The summed E-state index contributed by atoms with van der Waals surface area (Å²) in [5.41, 5.74) is 1.87. The molecule has 0 spiro atoms. The molecule has 1 aliphatic heterocycles. The lowest BCUT2D eigenvalue weighted by Gasteiger charge is -2.30. The summed E-state index contributed by atoms with van der Waals surface area (Å²) in [6, 6.07) is 8.52. The van der Waals surface area contributed by atoms with E-state index in [2.05, 4.69) is 10.6 Å². The number of hydrogen-bond donors (Lipinski definition) is 2. The summed E-state index contributed by atoms with van der Waals surface area (Å²) in [7, 11) is -3.65. The van der Waals surface area contributed by atoms with Gasteiger partial charge in [-0.3, -0.25) is 13.9 Å². The normalized spacial score (nSPS) is 17.0. The quantitative estimate of drug-likeness (QED) is 0.725. The van der Waals surface area contributed by atoms with Crippen molar-refractivity contribution < 1.29 is 18.0 Å². The Morgan fingerprint density at radius 3 is 2.59 bits per heavy atom. The highest BCUT2D eigenvalue weighted by atomic mass is 32.2. The number of rotatable bonds is 4. The van der Waals surface area contributed by atoms with Gasteiger partial charge in [0.05, 0.1) is 5.69 Å². The number of carbonyl (C=O) groups excluding carboxylic acids is 2. The molecule has 0 radical (unpaired) electrons. The fraction of sp³-hybridized carbons (Fsp3) is 0.400. The molecule has 2 heterocycles. The summed E-state index contributed by atoms with van der Waals surface area (Å²) >= 11 is 1.18. The Morgan fingerprint density at radius 1 is 1.07 bits per heavy atom. The van der Waals surface area contributed by atoms with Gasteiger partial charge in [0.15, 0.2) is 0 Å². The lowest BCUT2D eigenvalue weighted by Crippen LogP contribution is -2.40. The van der Waals surface area contributed by atoms with Crippen molar-refractivity contribution in [1.29, 1.82) is 0 Å². The van der Waals surface area contributed by atoms with Gasteiger partial charge in [0.2, 0.25) is 0 Å². The summed E-state index contributed by atoms with van der Waals surface area (Å²) in [6.45, 7) is 0.382. The molecular weight excluding hydrogens is 410 g/mol. The lowest BCUT2D eigenvalue weighted by atomic mass is 10.0. The maximum absolute atomic E-state index is 13.0. The maximum atomic E-state index is 13.0. The molecule has 29 heavy (non-hydrogen) atoms. The molecule has 0 bridgehead atoms. The van der Waals surface area contributed by atoms with Crippen LogP contribution in [0.2, 0.25) is 0 Å². The molecule has 0 unspecified atom stereocenters. The topological polar surface area (TPSA) is 95.6 Å². The highest BCUT2D eigenvalue weighted by Gasteiger charge is 2.30. The van der Waals surface area contributed by atoms with E-state index in [0.717, 1.165) is 44.1 Å². The molecule has 1 saturated carbocycles. The molecule has 1 aliphatic carbocycles. The van der Waals surface area contributed by atoms with Crippen molar-refractivity contribution in [2.45, 2.75) is 48.8 Å². The van der Waals surface area contributed by atoms with Crippen molar-refractivity contribution in [2.24, 2.45) is 0 Å². The van der Waals surface area contributed by atoms with Gasteiger partial charge in [0.25, 0.3) is 10.0 Å². The Labute approximate surface area is 174 Å². The second-order valence-electron chi connectivity index (χ2n) is 7.37. The first-order valence-electron chi connectivity index (χ1n) is 9.76. The van der Waals surface area contributed by atoms with Crippen LogP contribution in [0, 0.1) is 0 Å². The van der Waals surface area contributed by atoms with Gasteiger partial charge >= 0.3 is 11.8 Å². The standard InChI is InChI=1S/C20H23N3O4S2/c24-19(21-15-6-1-2-7-15)20(25)22-16-10-9-14-5-3-11-23(17(14)13-16)29(26,27)18-8-4-12-28-18/h4,8-10,12-13,15H,1-3,5-7,11H2,(H,21,24)(H,22,25). The molecule has 2 amide bonds. The first-order chi connectivity index (χ1) is 13.9. The molecule has 0 saturated heterocycles. The second kappa shape index (κ2) is 8.16. The maximum Gasteiger partial charge on any atom is 0.313 e. The Bertz CT molecular complexity index is 1010. The number of carbonyl (C=O) groups is 2. The summed E-state index contributed by atoms with van der Waals surface area (Å²) < 4.78 is 27.7. The van der Waals surface area contributed by atoms with Crippen LogP contribution >= 0.6 is 11.3 Å². The Kier molecular flexibility index (Phi) is 5.60. The van der Waals surface area contributed by atoms with Gasteiger partial charge < -0.3 is 10.6 Å². The molecule has 7 nitrogen and oxygen atoms in total. The van der Waals surface area contributed by atoms with Crippen molar-refractivity contribution >= 4 is 44.5 Å². The first kappa shape index (κ1) is 19.9. The average molecular weight is 434 g/mol. The molecule has 2 N–H and O–H groups in total. The summed E-state index contributed by atoms with van der Waals surface area (Å²) in [5.74, 6) is -1.39. The highest BCUT2D eigenvalue weighted by molar-refractivity contribution is 7.94. The van der Waals surface area contributed by atoms with Crippen LogP contribution in [0.1, 0.15) is 37.7 Å². The Morgan fingerprint density at radius 2 is 1.86 bits per heavy atom. The van der Waals surface area contributed by atoms with Crippen LogP contribution < -0.4 is 14.9 Å². The molecule has 1 fully saturated rings. The van der Waals surface area contributed by atoms with E-state index in [9.17, 15) is 18.0 Å². The van der Waals surface area contributed by atoms with Gasteiger partial charge in [0, 0.05) is 18.3 Å². The SMILES string of the molecule is O=C(Nc1ccc2c(c1)N(S(=O)(=O)c1cccs1)CCC2)C(=O)NC1CCCC1. The van der Waals surface area contributed by atoms with Crippen LogP contribution in [0.4, 0.5) is 11.4 Å². The van der Waals surface area contributed by atoms with Crippen LogP contribution in [-0.4, -0.2) is 32.8 Å². The van der Waals surface area contributed by atoms with E-state index >= 15 is 0 Å². The minimum atomic E-state index is -3.65. The predicted molar refractivity (Wildman–Crippen MR) is 113 cm³/mol. The van der Waals surface area contributed by atoms with Crippen LogP contribution in [0.15, 0.2) is 39.9 Å². The number of fused-ring (bicyclic) bond motifs is 1. The largest absolute Gasteiger partial charge is 0.345 e. The molecule has 4 rings (SSSR count). The van der Waals surface area contributed by atoms with Gasteiger partial charge in [-0.05, 0) is 54.8 Å². The van der Waals surface area contributed by atoms with Crippen molar-refractivity contribution in [1.82, 2.24) is 5.32 Å². The second-order valence-corrected chi connectivity index (χ2v) is 10.4. The fourth-order valence-electron chi connectivity index (χ4n) is 3.90. The molecule has 0 atom stereocenters. The zero-order valence-electron chi connectivity index (χ0n) is 15.9. The number of nitrogens with one attached hydrogen (secondary N) is 2. The van der Waals surface area contributed by atoms with Crippen LogP contribution in [0.5, 0.6) is 0 Å². The smallest absolute Gasteiger partial charge is 0.313 e. The van der Waals surface area contributed by atoms with Gasteiger partial charge in [-0.25, -0.2) is 8.42 Å². The number of thiophene rings is 1. The molecule has 2 aromatic rings. The number of benzene rings is 1. The summed E-state index contributed by atoms with van der Waals surface area (Å²) in [5, 5.41) is 7.09. The van der Waals surface area contributed by atoms with Crippen molar-refractivity contribution in [2.75, 3.05) is 16.2 Å². The minimum absolute atomic E-state index is 0.0585. The zero-order chi connectivity index (χ0) is 20.4. The molecule has 1 aromatic heterocycles. The van der Waals surface area contributed by atoms with Gasteiger partial charge in [0.1, 0.15) is 4.21 Å². The van der Waals surface area contributed by atoms with Gasteiger partial charge in [-0.2, -0.15) is 0 Å². The highest BCUT2D eigenvalue weighted by Crippen LogP contribution is 2.35. The number of aryl methyl sites for hydroxylation is 1. The summed E-state index contributed by atoms with van der Waals surface area (Å²) in [6.07, 6.45) is 5.41. The number of sulfonamides is 1. The number of amides is 2. The average Bonchev–Trinajstić information content (AvgIpc) is 3.41. The van der Waals surface area contributed by atoms with Gasteiger partial charge in [-0.15, -0.1) is 11.3 Å².